The molecule has 0 aliphatic carbocycles. The zero-order chi connectivity index (χ0) is 23.3. The molecule has 10 heteroatoms. The molecule has 0 saturated carbocycles. The van der Waals surface area contributed by atoms with E-state index in [4.69, 9.17) is 9.72 Å². The number of β-amino-alcohol motifs (C(OH)–C–C–N with tert-alkyl or cyclic N) is 1. The summed E-state index contributed by atoms with van der Waals surface area (Å²) in [6, 6.07) is 2.96. The van der Waals surface area contributed by atoms with E-state index >= 15 is 4.39 Å². The predicted octanol–water partition coefficient (Wildman–Crippen LogP) is 1.18. The van der Waals surface area contributed by atoms with E-state index in [1.807, 2.05) is 16.8 Å². The number of aromatic amines is 1. The molecule has 4 heterocycles. The van der Waals surface area contributed by atoms with E-state index in [1.165, 1.54) is 18.1 Å². The van der Waals surface area contributed by atoms with Gasteiger partial charge in [0.25, 0.3) is 5.56 Å². The lowest BCUT2D eigenvalue weighted by Crippen LogP contribution is -2.50. The van der Waals surface area contributed by atoms with Crippen LogP contribution >= 0.6 is 0 Å². The fraction of sp³-hybridized carbons (Fsp3) is 0.522. The lowest BCUT2D eigenvalue weighted by atomic mass is 9.73. The summed E-state index contributed by atoms with van der Waals surface area (Å²) in [5.41, 5.74) is 0.394. The van der Waals surface area contributed by atoms with Crippen LogP contribution in [0, 0.1) is 5.82 Å². The van der Waals surface area contributed by atoms with Crippen LogP contribution in [0.2, 0.25) is 0 Å². The van der Waals surface area contributed by atoms with Gasteiger partial charge in [-0.3, -0.25) is 14.6 Å². The largest absolute Gasteiger partial charge is 0.497 e. The predicted molar refractivity (Wildman–Crippen MR) is 122 cm³/mol. The number of rotatable bonds is 4. The molecule has 0 unspecified atom stereocenters. The van der Waals surface area contributed by atoms with Gasteiger partial charge < -0.3 is 24.5 Å². The number of amides is 1. The van der Waals surface area contributed by atoms with Crippen molar-refractivity contribution in [1.29, 1.82) is 0 Å². The van der Waals surface area contributed by atoms with Crippen molar-refractivity contribution in [3.8, 4) is 5.75 Å². The van der Waals surface area contributed by atoms with Crippen LogP contribution in [0.4, 0.5) is 21.8 Å². The van der Waals surface area contributed by atoms with Gasteiger partial charge in [0.05, 0.1) is 30.4 Å². The number of benzene rings is 1. The van der Waals surface area contributed by atoms with E-state index in [1.54, 1.807) is 6.07 Å². The number of hydrogen-bond acceptors (Lipinski definition) is 7. The molecule has 1 saturated heterocycles. The zero-order valence-electron chi connectivity index (χ0n) is 18.9. The van der Waals surface area contributed by atoms with Crippen molar-refractivity contribution in [2.24, 2.45) is 0 Å². The molecule has 3 aliphatic rings. The van der Waals surface area contributed by atoms with Crippen molar-refractivity contribution < 1.29 is 19.0 Å². The van der Waals surface area contributed by atoms with Crippen LogP contribution in [0.15, 0.2) is 16.9 Å². The lowest BCUT2D eigenvalue weighted by molar-refractivity contribution is -0.124. The van der Waals surface area contributed by atoms with E-state index in [0.717, 1.165) is 13.0 Å². The number of nitrogens with one attached hydrogen (secondary N) is 1. The number of fused-ring (bicyclic) bond motifs is 3. The third-order valence-electron chi connectivity index (χ3n) is 7.21. The molecular formula is C23H28FN5O4. The number of hydrogen-bond donors (Lipinski definition) is 2. The molecule has 5 rings (SSSR count). The van der Waals surface area contributed by atoms with Gasteiger partial charge in [-0.25, -0.2) is 4.39 Å². The number of carbonyl (C=O) groups is 1. The summed E-state index contributed by atoms with van der Waals surface area (Å²) >= 11 is 0. The van der Waals surface area contributed by atoms with Crippen molar-refractivity contribution in [1.82, 2.24) is 9.97 Å². The number of aromatic nitrogens is 2. The number of methoxy groups -OCH3 is 1. The summed E-state index contributed by atoms with van der Waals surface area (Å²) in [5.74, 6) is 0.834. The first-order chi connectivity index (χ1) is 15.9. The van der Waals surface area contributed by atoms with Gasteiger partial charge in [0.2, 0.25) is 11.9 Å². The van der Waals surface area contributed by atoms with Crippen LogP contribution in [0.3, 0.4) is 0 Å². The molecule has 2 aromatic rings. The minimum atomic E-state index is -1.01. The van der Waals surface area contributed by atoms with Gasteiger partial charge in [-0.2, -0.15) is 4.98 Å². The van der Waals surface area contributed by atoms with Crippen LogP contribution in [-0.4, -0.2) is 67.9 Å². The number of aliphatic hydroxyl groups is 1. The molecule has 0 atom stereocenters. The number of H-pyrrole nitrogens is 1. The van der Waals surface area contributed by atoms with Crippen molar-refractivity contribution in [3.63, 3.8) is 0 Å². The van der Waals surface area contributed by atoms with Gasteiger partial charge >= 0.3 is 0 Å². The van der Waals surface area contributed by atoms with Crippen LogP contribution in [0.1, 0.15) is 30.4 Å². The first kappa shape index (κ1) is 21.7. The van der Waals surface area contributed by atoms with E-state index in [-0.39, 0.29) is 24.6 Å². The minimum absolute atomic E-state index is 0.0932. The SMILES string of the molecule is COc1cc(F)c2c(c1)N(CCO)C(=O)C21CCN(c2nc3c(c(=O)[nH]2)CCCN3C)CC1. The number of halogens is 1. The summed E-state index contributed by atoms with van der Waals surface area (Å²) < 4.78 is 20.5. The smallest absolute Gasteiger partial charge is 0.257 e. The van der Waals surface area contributed by atoms with Crippen LogP contribution in [0.25, 0.3) is 0 Å². The highest BCUT2D eigenvalue weighted by atomic mass is 19.1. The fourth-order valence-corrected chi connectivity index (χ4v) is 5.50. The Bertz CT molecular complexity index is 1160. The summed E-state index contributed by atoms with van der Waals surface area (Å²) in [4.78, 5) is 39.2. The van der Waals surface area contributed by atoms with Crippen molar-refractivity contribution >= 4 is 23.4 Å². The molecular weight excluding hydrogens is 429 g/mol. The average molecular weight is 458 g/mol. The highest BCUT2D eigenvalue weighted by Gasteiger charge is 2.54. The number of piperidine rings is 1. The van der Waals surface area contributed by atoms with Gasteiger partial charge in [-0.1, -0.05) is 0 Å². The summed E-state index contributed by atoms with van der Waals surface area (Å²) in [5, 5.41) is 9.51. The molecule has 0 bridgehead atoms. The molecule has 0 radical (unpaired) electrons. The Morgan fingerprint density at radius 1 is 1.24 bits per heavy atom. The number of anilines is 3. The second kappa shape index (κ2) is 8.02. The van der Waals surface area contributed by atoms with E-state index < -0.39 is 11.2 Å². The molecule has 1 spiro atoms. The Morgan fingerprint density at radius 3 is 2.70 bits per heavy atom. The highest BCUT2D eigenvalue weighted by Crippen LogP contribution is 2.50. The van der Waals surface area contributed by atoms with Gasteiger partial charge in [0.15, 0.2) is 0 Å². The maximum atomic E-state index is 15.3. The third-order valence-corrected chi connectivity index (χ3v) is 7.21. The quantitative estimate of drug-likeness (QED) is 0.711. The average Bonchev–Trinajstić information content (AvgIpc) is 3.03. The Labute approximate surface area is 190 Å². The molecule has 176 valence electrons. The maximum Gasteiger partial charge on any atom is 0.257 e. The second-order valence-corrected chi connectivity index (χ2v) is 8.97. The molecule has 1 aromatic carbocycles. The molecule has 33 heavy (non-hydrogen) atoms. The van der Waals surface area contributed by atoms with Gasteiger partial charge in [0.1, 0.15) is 17.4 Å². The lowest BCUT2D eigenvalue weighted by Gasteiger charge is -2.39. The maximum absolute atomic E-state index is 15.3. The van der Waals surface area contributed by atoms with E-state index in [0.29, 0.717) is 66.7 Å². The molecule has 1 fully saturated rings. The topological polar surface area (TPSA) is 102 Å². The van der Waals surface area contributed by atoms with E-state index in [2.05, 4.69) is 4.98 Å². The van der Waals surface area contributed by atoms with Gasteiger partial charge in [-0.05, 0) is 25.7 Å². The number of ether oxygens (including phenoxy) is 1. The monoisotopic (exact) mass is 457 g/mol. The van der Waals surface area contributed by atoms with Crippen LogP contribution < -0.4 is 25.0 Å². The highest BCUT2D eigenvalue weighted by molar-refractivity contribution is 6.08. The third kappa shape index (κ3) is 3.26. The van der Waals surface area contributed by atoms with Crippen molar-refractivity contribution in [2.75, 3.05) is 61.6 Å². The second-order valence-electron chi connectivity index (χ2n) is 8.97. The Hall–Kier alpha value is -3.14. The summed E-state index contributed by atoms with van der Waals surface area (Å²) in [7, 11) is 3.38. The van der Waals surface area contributed by atoms with Crippen molar-refractivity contribution in [3.05, 3.63) is 39.4 Å². The molecule has 1 aromatic heterocycles. The minimum Gasteiger partial charge on any atom is -0.497 e. The molecule has 9 nitrogen and oxygen atoms in total. The fourth-order valence-electron chi connectivity index (χ4n) is 5.50. The van der Waals surface area contributed by atoms with Gasteiger partial charge in [-0.15, -0.1) is 0 Å². The zero-order valence-corrected chi connectivity index (χ0v) is 18.9. The van der Waals surface area contributed by atoms with Crippen LogP contribution in [0.5, 0.6) is 5.75 Å². The van der Waals surface area contributed by atoms with Crippen LogP contribution in [-0.2, 0) is 16.6 Å². The number of aliphatic hydroxyl groups excluding tert-OH is 1. The van der Waals surface area contributed by atoms with Crippen molar-refractivity contribution in [2.45, 2.75) is 31.1 Å². The normalized spacial score (nSPS) is 19.2. The molecule has 1 amide bonds. The summed E-state index contributed by atoms with van der Waals surface area (Å²) in [6.45, 7) is 1.60. The Morgan fingerprint density at radius 2 is 2.00 bits per heavy atom. The molecule has 2 N–H and O–H groups in total. The van der Waals surface area contributed by atoms with Gasteiger partial charge in [0, 0.05) is 50.9 Å². The first-order valence-corrected chi connectivity index (χ1v) is 11.3. The number of carbonyl (C=O) groups excluding carboxylic acids is 1. The molecule has 3 aliphatic heterocycles. The number of nitrogens with zero attached hydrogens (tertiary/aromatic N) is 4. The van der Waals surface area contributed by atoms with E-state index in [9.17, 15) is 14.7 Å². The first-order valence-electron chi connectivity index (χ1n) is 11.3. The Balaban J connectivity index is 1.48. The summed E-state index contributed by atoms with van der Waals surface area (Å²) in [6.07, 6.45) is 2.38. The Kier molecular flexibility index (Phi) is 5.27. The standard InChI is InChI=1S/C23H28FN5O4/c1-27-7-3-4-15-19(27)25-22(26-20(15)31)28-8-5-23(6-9-28)18-16(24)12-14(33-2)13-17(18)29(10-11-30)21(23)32/h12-13,30H,3-11H2,1-2H3,(H,25,26,31).